The van der Waals surface area contributed by atoms with Crippen molar-refractivity contribution in [2.24, 2.45) is 5.41 Å². The van der Waals surface area contributed by atoms with E-state index in [1.165, 1.54) is 0 Å². The van der Waals surface area contributed by atoms with Crippen molar-refractivity contribution >= 4 is 18.0 Å². The largest absolute Gasteiger partial charge is 0.480 e. The lowest BCUT2D eigenvalue weighted by molar-refractivity contribution is -0.145. The molecule has 2 aromatic rings. The Labute approximate surface area is 194 Å². The number of fused-ring (bicyclic) bond motifs is 3. The zero-order valence-electron chi connectivity index (χ0n) is 19.6. The summed E-state index contributed by atoms with van der Waals surface area (Å²) in [4.78, 5) is 37.0. The first kappa shape index (κ1) is 24.3. The van der Waals surface area contributed by atoms with E-state index in [1.54, 1.807) is 20.8 Å². The number of hydrogen-bond acceptors (Lipinski definition) is 4. The van der Waals surface area contributed by atoms with Crippen LogP contribution in [0.2, 0.25) is 0 Å². The maximum Gasteiger partial charge on any atom is 0.407 e. The van der Waals surface area contributed by atoms with Crippen LogP contribution in [0.3, 0.4) is 0 Å². The van der Waals surface area contributed by atoms with Gasteiger partial charge in [-0.3, -0.25) is 4.79 Å². The Morgan fingerprint density at radius 2 is 1.52 bits per heavy atom. The quantitative estimate of drug-likeness (QED) is 0.554. The fraction of sp³-hybridized carbons (Fsp3) is 0.423. The molecule has 7 nitrogen and oxygen atoms in total. The van der Waals surface area contributed by atoms with Crippen LogP contribution in [0.1, 0.15) is 57.6 Å². The molecule has 0 radical (unpaired) electrons. The number of aliphatic carboxylic acids is 1. The number of carbonyl (C=O) groups is 3. The molecule has 0 saturated heterocycles. The molecule has 3 rings (SSSR count). The molecule has 0 saturated carbocycles. The van der Waals surface area contributed by atoms with Gasteiger partial charge in [0.1, 0.15) is 18.7 Å². The molecule has 2 amide bonds. The number of carboxylic acid groups (broad SMARTS) is 1. The molecule has 176 valence electrons. The molecule has 3 N–H and O–H groups in total. The van der Waals surface area contributed by atoms with Crippen LogP contribution < -0.4 is 10.6 Å². The number of alkyl carbamates (subject to hydrolysis) is 1. The van der Waals surface area contributed by atoms with Crippen LogP contribution in [0.15, 0.2) is 48.5 Å². The van der Waals surface area contributed by atoms with Gasteiger partial charge in [-0.05, 0) is 34.1 Å². The van der Waals surface area contributed by atoms with E-state index < -0.39 is 35.5 Å². The molecule has 0 unspecified atom stereocenters. The molecular weight excluding hydrogens is 420 g/mol. The van der Waals surface area contributed by atoms with Crippen LogP contribution >= 0.6 is 0 Å². The number of rotatable bonds is 8. The van der Waals surface area contributed by atoms with Crippen molar-refractivity contribution in [1.29, 1.82) is 0 Å². The van der Waals surface area contributed by atoms with Crippen molar-refractivity contribution < 1.29 is 24.2 Å². The zero-order valence-corrected chi connectivity index (χ0v) is 19.6. The monoisotopic (exact) mass is 452 g/mol. The molecule has 0 heterocycles. The normalized spacial score (nSPS) is 14.5. The van der Waals surface area contributed by atoms with Crippen molar-refractivity contribution in [1.82, 2.24) is 10.6 Å². The van der Waals surface area contributed by atoms with Crippen molar-refractivity contribution in [3.63, 3.8) is 0 Å². The minimum atomic E-state index is -1.12. The zero-order chi connectivity index (χ0) is 24.2. The van der Waals surface area contributed by atoms with Crippen LogP contribution in [0, 0.1) is 5.41 Å². The topological polar surface area (TPSA) is 105 Å². The van der Waals surface area contributed by atoms with Gasteiger partial charge in [0.2, 0.25) is 5.91 Å². The van der Waals surface area contributed by atoms with E-state index in [2.05, 4.69) is 22.8 Å². The van der Waals surface area contributed by atoms with Gasteiger partial charge in [0.15, 0.2) is 0 Å². The molecule has 0 fully saturated rings. The highest BCUT2D eigenvalue weighted by Gasteiger charge is 2.35. The summed E-state index contributed by atoms with van der Waals surface area (Å²) in [5.74, 6) is -1.74. The van der Waals surface area contributed by atoms with E-state index in [-0.39, 0.29) is 12.5 Å². The second-order valence-electron chi connectivity index (χ2n) is 9.46. The smallest absolute Gasteiger partial charge is 0.407 e. The van der Waals surface area contributed by atoms with Gasteiger partial charge in [-0.15, -0.1) is 0 Å². The van der Waals surface area contributed by atoms with Gasteiger partial charge in [0, 0.05) is 5.92 Å². The molecule has 7 heteroatoms. The number of carboxylic acids is 1. The molecule has 2 atom stereocenters. The van der Waals surface area contributed by atoms with E-state index in [0.29, 0.717) is 12.8 Å². The predicted molar refractivity (Wildman–Crippen MR) is 126 cm³/mol. The first-order chi connectivity index (χ1) is 15.6. The Hall–Kier alpha value is -3.35. The number of nitrogens with one attached hydrogen (secondary N) is 2. The predicted octanol–water partition coefficient (Wildman–Crippen LogP) is 4.31. The number of benzene rings is 2. The highest BCUT2D eigenvalue weighted by atomic mass is 16.5. The lowest BCUT2D eigenvalue weighted by Crippen LogP contribution is -2.55. The van der Waals surface area contributed by atoms with Crippen LogP contribution in [-0.4, -0.2) is 41.8 Å². The molecule has 0 aliphatic heterocycles. The van der Waals surface area contributed by atoms with Gasteiger partial charge in [-0.2, -0.15) is 0 Å². The number of ether oxygens (including phenoxy) is 1. The molecule has 2 aromatic carbocycles. The number of hydrogen-bond donors (Lipinski definition) is 3. The summed E-state index contributed by atoms with van der Waals surface area (Å²) in [7, 11) is 0. The third kappa shape index (κ3) is 5.53. The van der Waals surface area contributed by atoms with Crippen LogP contribution in [0.4, 0.5) is 4.79 Å². The first-order valence-electron chi connectivity index (χ1n) is 11.3. The van der Waals surface area contributed by atoms with Gasteiger partial charge in [-0.25, -0.2) is 9.59 Å². The van der Waals surface area contributed by atoms with Crippen molar-refractivity contribution in [3.8, 4) is 11.1 Å². The Bertz CT molecular complexity index is 982. The van der Waals surface area contributed by atoms with Crippen molar-refractivity contribution in [3.05, 3.63) is 59.7 Å². The minimum Gasteiger partial charge on any atom is -0.480 e. The Morgan fingerprint density at radius 3 is 2.00 bits per heavy atom. The average molecular weight is 453 g/mol. The second-order valence-corrected chi connectivity index (χ2v) is 9.46. The number of carbonyl (C=O) groups excluding carboxylic acids is 2. The summed E-state index contributed by atoms with van der Waals surface area (Å²) in [5, 5.41) is 14.7. The molecule has 0 aromatic heterocycles. The Morgan fingerprint density at radius 1 is 0.970 bits per heavy atom. The first-order valence-corrected chi connectivity index (χ1v) is 11.3. The van der Waals surface area contributed by atoms with Gasteiger partial charge in [0.25, 0.3) is 0 Å². The van der Waals surface area contributed by atoms with Gasteiger partial charge < -0.3 is 20.5 Å². The highest BCUT2D eigenvalue weighted by molar-refractivity contribution is 5.89. The summed E-state index contributed by atoms with van der Waals surface area (Å²) in [6.07, 6.45) is 0.301. The van der Waals surface area contributed by atoms with Crippen LogP contribution in [-0.2, 0) is 14.3 Å². The lowest BCUT2D eigenvalue weighted by atomic mass is 9.86. The van der Waals surface area contributed by atoms with E-state index in [4.69, 9.17) is 4.74 Å². The third-order valence-electron chi connectivity index (χ3n) is 5.93. The fourth-order valence-corrected chi connectivity index (χ4v) is 4.23. The summed E-state index contributed by atoms with van der Waals surface area (Å²) < 4.78 is 5.54. The maximum absolute atomic E-state index is 12.8. The lowest BCUT2D eigenvalue weighted by Gasteiger charge is -2.29. The SMILES string of the molecule is CCC[C@H](NC(=O)OCC1c2ccccc2-c2ccccc21)C(=O)N[C@H](C(=O)O)C(C)(C)C. The van der Waals surface area contributed by atoms with Crippen LogP contribution in [0.5, 0.6) is 0 Å². The van der Waals surface area contributed by atoms with Crippen molar-refractivity contribution in [2.45, 2.75) is 58.5 Å². The molecule has 1 aliphatic carbocycles. The third-order valence-corrected chi connectivity index (χ3v) is 5.93. The van der Waals surface area contributed by atoms with E-state index in [1.807, 2.05) is 43.3 Å². The number of amides is 2. The Balaban J connectivity index is 1.66. The average Bonchev–Trinajstić information content (AvgIpc) is 3.08. The Kier molecular flexibility index (Phi) is 7.41. The van der Waals surface area contributed by atoms with Gasteiger partial charge in [0.05, 0.1) is 0 Å². The standard InChI is InChI=1S/C26H32N2O5/c1-5-10-21(23(29)28-22(24(30)31)26(2,3)4)27-25(32)33-15-20-18-13-8-6-11-16(18)17-12-7-9-14-19(17)20/h6-9,11-14,20-22H,5,10,15H2,1-4H3,(H,27,32)(H,28,29)(H,30,31)/t21-,22+/m0/s1. The fourth-order valence-electron chi connectivity index (χ4n) is 4.23. The molecule has 0 spiro atoms. The van der Waals surface area contributed by atoms with Crippen molar-refractivity contribution in [2.75, 3.05) is 6.61 Å². The molecule has 1 aliphatic rings. The summed E-state index contributed by atoms with van der Waals surface area (Å²) >= 11 is 0. The van der Waals surface area contributed by atoms with Gasteiger partial charge >= 0.3 is 12.1 Å². The molecular formula is C26H32N2O5. The van der Waals surface area contributed by atoms with E-state index in [0.717, 1.165) is 22.3 Å². The van der Waals surface area contributed by atoms with E-state index >= 15 is 0 Å². The summed E-state index contributed by atoms with van der Waals surface area (Å²) in [6, 6.07) is 14.1. The minimum absolute atomic E-state index is 0.0844. The summed E-state index contributed by atoms with van der Waals surface area (Å²) in [5.41, 5.74) is 3.79. The maximum atomic E-state index is 12.8. The van der Waals surface area contributed by atoms with Gasteiger partial charge in [-0.1, -0.05) is 82.6 Å². The highest BCUT2D eigenvalue weighted by Crippen LogP contribution is 2.44. The van der Waals surface area contributed by atoms with Crippen LogP contribution in [0.25, 0.3) is 11.1 Å². The summed E-state index contributed by atoms with van der Waals surface area (Å²) in [6.45, 7) is 7.23. The molecule has 0 bridgehead atoms. The van der Waals surface area contributed by atoms with E-state index in [9.17, 15) is 19.5 Å². The molecule has 33 heavy (non-hydrogen) atoms. The second kappa shape index (κ2) is 10.1.